The molecule has 0 fully saturated rings. The van der Waals surface area contributed by atoms with Gasteiger partial charge in [0.25, 0.3) is 0 Å². The SMILES string of the molecule is c1ccc2c(c1)[nH]c1cc3c(cc12)C1c2cc4[nH]c5ccccc5c4cc2C3c2cc3c(cc21)[nH]c1ccccc13. The van der Waals surface area contributed by atoms with Crippen LogP contribution in [0.4, 0.5) is 0 Å². The molecule has 3 heteroatoms. The van der Waals surface area contributed by atoms with Crippen molar-refractivity contribution in [1.82, 2.24) is 15.0 Å². The summed E-state index contributed by atoms with van der Waals surface area (Å²) in [4.78, 5) is 11.2. The Kier molecular flexibility index (Phi) is 3.46. The molecule has 9 aromatic rings. The molecule has 12 rings (SSSR count). The van der Waals surface area contributed by atoms with Crippen LogP contribution in [0.1, 0.15) is 45.2 Å². The highest BCUT2D eigenvalue weighted by Gasteiger charge is 2.42. The van der Waals surface area contributed by atoms with Crippen LogP contribution in [0.2, 0.25) is 0 Å². The number of hydrogen-bond acceptors (Lipinski definition) is 0. The molecule has 0 spiro atoms. The van der Waals surface area contributed by atoms with Gasteiger partial charge in [-0.1, -0.05) is 54.6 Å². The maximum absolute atomic E-state index is 3.72. The highest BCUT2D eigenvalue weighted by Crippen LogP contribution is 2.58. The molecule has 3 N–H and O–H groups in total. The predicted molar refractivity (Wildman–Crippen MR) is 169 cm³/mol. The number of para-hydroxylation sites is 3. The Hall–Kier alpha value is -5.28. The third-order valence-corrected chi connectivity index (χ3v) is 10.00. The van der Waals surface area contributed by atoms with Crippen molar-refractivity contribution in [1.29, 1.82) is 0 Å². The lowest BCUT2D eigenvalue weighted by molar-refractivity contribution is 0.760. The van der Waals surface area contributed by atoms with Gasteiger partial charge in [0, 0.05) is 77.3 Å². The topological polar surface area (TPSA) is 47.4 Å². The van der Waals surface area contributed by atoms with Crippen LogP contribution in [0.5, 0.6) is 0 Å². The molecule has 0 radical (unpaired) electrons. The Labute approximate surface area is 234 Å². The van der Waals surface area contributed by atoms with E-state index in [-0.39, 0.29) is 11.8 Å². The molecule has 3 aromatic heterocycles. The molecule has 3 nitrogen and oxygen atoms in total. The standard InChI is InChI=1S/C38H23N3/c1-4-10-31-19(7-1)22-13-25-29(17-35(22)40-31)38-27-15-24-21-9-3-6-12-33(21)39-34(24)16-28(27)37(25)26-14-23-20-8-2-5-11-32(20)41-36(23)18-30(26)38/h1-18,37-41H. The first-order valence-corrected chi connectivity index (χ1v) is 14.4. The fourth-order valence-corrected chi connectivity index (χ4v) is 8.30. The summed E-state index contributed by atoms with van der Waals surface area (Å²) in [5, 5.41) is 7.83. The van der Waals surface area contributed by atoms with Crippen molar-refractivity contribution in [2.45, 2.75) is 11.8 Å². The van der Waals surface area contributed by atoms with Crippen molar-refractivity contribution in [3.8, 4) is 0 Å². The average Bonchev–Trinajstić information content (AvgIpc) is 3.68. The van der Waals surface area contributed by atoms with E-state index in [1.54, 1.807) is 0 Å². The summed E-state index contributed by atoms with van der Waals surface area (Å²) in [5.74, 6) is 0.372. The molecule has 6 aromatic carbocycles. The third kappa shape index (κ3) is 2.43. The second-order valence-corrected chi connectivity index (χ2v) is 12.0. The van der Waals surface area contributed by atoms with Gasteiger partial charge in [-0.05, 0) is 88.0 Å². The van der Waals surface area contributed by atoms with Crippen molar-refractivity contribution in [3.05, 3.63) is 143 Å². The number of hydrogen-bond donors (Lipinski definition) is 3. The van der Waals surface area contributed by atoms with Gasteiger partial charge < -0.3 is 15.0 Å². The van der Waals surface area contributed by atoms with E-state index in [1.807, 2.05) is 0 Å². The summed E-state index contributed by atoms with van der Waals surface area (Å²) < 4.78 is 0. The number of nitrogens with one attached hydrogen (secondary N) is 3. The van der Waals surface area contributed by atoms with Gasteiger partial charge in [-0.15, -0.1) is 0 Å². The smallest absolute Gasteiger partial charge is 0.0468 e. The van der Waals surface area contributed by atoms with Gasteiger partial charge in [0.15, 0.2) is 0 Å². The van der Waals surface area contributed by atoms with Crippen LogP contribution in [-0.2, 0) is 0 Å². The highest BCUT2D eigenvalue weighted by atomic mass is 14.7. The molecule has 41 heavy (non-hydrogen) atoms. The molecule has 0 unspecified atom stereocenters. The molecule has 2 bridgehead atoms. The second kappa shape index (κ2) is 6.89. The summed E-state index contributed by atoms with van der Waals surface area (Å²) in [5.41, 5.74) is 15.9. The van der Waals surface area contributed by atoms with Crippen LogP contribution < -0.4 is 0 Å². The van der Waals surface area contributed by atoms with Crippen LogP contribution in [-0.4, -0.2) is 15.0 Å². The molecule has 3 heterocycles. The summed E-state index contributed by atoms with van der Waals surface area (Å²) in [7, 11) is 0. The van der Waals surface area contributed by atoms with Crippen LogP contribution >= 0.6 is 0 Å². The summed E-state index contributed by atoms with van der Waals surface area (Å²) in [6, 6.07) is 40.9. The Morgan fingerprint density at radius 3 is 0.927 bits per heavy atom. The number of H-pyrrole nitrogens is 3. The average molecular weight is 522 g/mol. The molecule has 0 amide bonds. The minimum atomic E-state index is 0.185. The number of rotatable bonds is 0. The Morgan fingerprint density at radius 2 is 0.585 bits per heavy atom. The Balaban J connectivity index is 1.28. The van der Waals surface area contributed by atoms with Gasteiger partial charge in [-0.3, -0.25) is 0 Å². The zero-order chi connectivity index (χ0) is 26.4. The van der Waals surface area contributed by atoms with Gasteiger partial charge in [0.2, 0.25) is 0 Å². The van der Waals surface area contributed by atoms with E-state index in [9.17, 15) is 0 Å². The van der Waals surface area contributed by atoms with E-state index in [2.05, 4.69) is 124 Å². The largest absolute Gasteiger partial charge is 0.355 e. The Morgan fingerprint density at radius 1 is 0.293 bits per heavy atom. The minimum Gasteiger partial charge on any atom is -0.355 e. The second-order valence-electron chi connectivity index (χ2n) is 12.0. The molecule has 0 atom stereocenters. The quantitative estimate of drug-likeness (QED) is 0.178. The number of aromatic nitrogens is 3. The monoisotopic (exact) mass is 521 g/mol. The molecular weight excluding hydrogens is 498 g/mol. The van der Waals surface area contributed by atoms with Gasteiger partial charge in [0.05, 0.1) is 0 Å². The molecule has 3 aliphatic carbocycles. The summed E-state index contributed by atoms with van der Waals surface area (Å²) in [6.07, 6.45) is 0. The van der Waals surface area contributed by atoms with Crippen LogP contribution in [0.15, 0.2) is 109 Å². The molecule has 190 valence electrons. The van der Waals surface area contributed by atoms with E-state index >= 15 is 0 Å². The van der Waals surface area contributed by atoms with Gasteiger partial charge in [-0.25, -0.2) is 0 Å². The van der Waals surface area contributed by atoms with Crippen molar-refractivity contribution < 1.29 is 0 Å². The first-order valence-electron chi connectivity index (χ1n) is 14.4. The van der Waals surface area contributed by atoms with Crippen LogP contribution in [0.3, 0.4) is 0 Å². The van der Waals surface area contributed by atoms with E-state index < -0.39 is 0 Å². The first kappa shape index (κ1) is 20.6. The molecule has 0 saturated heterocycles. The minimum absolute atomic E-state index is 0.185. The number of aromatic amines is 3. The van der Waals surface area contributed by atoms with Crippen LogP contribution in [0, 0.1) is 0 Å². The first-order chi connectivity index (χ1) is 20.3. The van der Waals surface area contributed by atoms with Gasteiger partial charge in [0.1, 0.15) is 0 Å². The maximum Gasteiger partial charge on any atom is 0.0468 e. The molecule has 3 aliphatic rings. The molecule has 0 saturated carbocycles. The zero-order valence-electron chi connectivity index (χ0n) is 22.0. The lowest BCUT2D eigenvalue weighted by Crippen LogP contribution is -2.27. The third-order valence-electron chi connectivity index (χ3n) is 10.00. The van der Waals surface area contributed by atoms with E-state index in [4.69, 9.17) is 0 Å². The molecular formula is C38H23N3. The maximum atomic E-state index is 3.72. The normalized spacial score (nSPS) is 17.3. The predicted octanol–water partition coefficient (Wildman–Crippen LogP) is 9.58. The van der Waals surface area contributed by atoms with Crippen molar-refractivity contribution in [3.63, 3.8) is 0 Å². The van der Waals surface area contributed by atoms with E-state index in [1.165, 1.54) is 98.8 Å². The zero-order valence-corrected chi connectivity index (χ0v) is 22.0. The van der Waals surface area contributed by atoms with Crippen molar-refractivity contribution in [2.75, 3.05) is 0 Å². The highest BCUT2D eigenvalue weighted by molar-refractivity contribution is 6.11. The van der Waals surface area contributed by atoms with Crippen molar-refractivity contribution in [2.24, 2.45) is 0 Å². The lowest BCUT2D eigenvalue weighted by atomic mass is 9.60. The van der Waals surface area contributed by atoms with Crippen LogP contribution in [0.25, 0.3) is 65.4 Å². The number of fused-ring (bicyclic) bond motifs is 9. The number of benzene rings is 6. The Bertz CT molecular complexity index is 2480. The summed E-state index contributed by atoms with van der Waals surface area (Å²) in [6.45, 7) is 0. The van der Waals surface area contributed by atoms with Crippen molar-refractivity contribution >= 4 is 65.4 Å². The van der Waals surface area contributed by atoms with Gasteiger partial charge in [-0.2, -0.15) is 0 Å². The summed E-state index contributed by atoms with van der Waals surface area (Å²) >= 11 is 0. The van der Waals surface area contributed by atoms with Gasteiger partial charge >= 0.3 is 0 Å². The lowest BCUT2D eigenvalue weighted by Gasteiger charge is -2.42. The van der Waals surface area contributed by atoms with E-state index in [0.29, 0.717) is 0 Å². The van der Waals surface area contributed by atoms with E-state index in [0.717, 1.165) is 0 Å². The molecule has 0 aliphatic heterocycles. The fourth-order valence-electron chi connectivity index (χ4n) is 8.30. The fraction of sp³-hybridized carbons (Fsp3) is 0.0526.